The number of alkyl halides is 3. The molecule has 0 fully saturated rings. The van der Waals surface area contributed by atoms with E-state index in [1.807, 2.05) is 24.3 Å². The number of nitrogens with zero attached hydrogens (tertiary/aromatic N) is 5. The predicted molar refractivity (Wildman–Crippen MR) is 80.9 cm³/mol. The molecule has 0 N–H and O–H groups in total. The smallest absolute Gasteiger partial charge is 0.453 e. The Kier molecular flexibility index (Phi) is 4.00. The SMILES string of the molecule is COc1ccc(CN(C)c2ccc3nnc(C(F)(F)F)n3n2)cc1. The molecule has 0 spiro atoms. The van der Waals surface area contributed by atoms with Gasteiger partial charge in [0.1, 0.15) is 11.6 Å². The van der Waals surface area contributed by atoms with Gasteiger partial charge in [0, 0.05) is 13.6 Å². The van der Waals surface area contributed by atoms with Gasteiger partial charge < -0.3 is 9.64 Å². The van der Waals surface area contributed by atoms with Crippen LogP contribution in [-0.4, -0.2) is 34.0 Å². The van der Waals surface area contributed by atoms with Crippen molar-refractivity contribution >= 4 is 11.5 Å². The molecule has 24 heavy (non-hydrogen) atoms. The third kappa shape index (κ3) is 3.10. The van der Waals surface area contributed by atoms with Crippen LogP contribution >= 0.6 is 0 Å². The number of hydrogen-bond donors (Lipinski definition) is 0. The van der Waals surface area contributed by atoms with Gasteiger partial charge >= 0.3 is 6.18 Å². The third-order valence-corrected chi connectivity index (χ3v) is 3.47. The molecule has 2 heterocycles. The lowest BCUT2D eigenvalue weighted by molar-refractivity contribution is -0.146. The summed E-state index contributed by atoms with van der Waals surface area (Å²) in [5, 5.41) is 10.7. The molecule has 0 amide bonds. The molecule has 1 aromatic carbocycles. The van der Waals surface area contributed by atoms with Crippen molar-refractivity contribution in [3.8, 4) is 5.75 Å². The maximum Gasteiger partial charge on any atom is 0.453 e. The molecule has 0 atom stereocenters. The first-order valence-electron chi connectivity index (χ1n) is 7.02. The fraction of sp³-hybridized carbons (Fsp3) is 0.267. The second-order valence-electron chi connectivity index (χ2n) is 5.19. The summed E-state index contributed by atoms with van der Waals surface area (Å²) >= 11 is 0. The molecule has 3 rings (SSSR count). The molecular formula is C15H14F3N5O. The number of methoxy groups -OCH3 is 1. The summed E-state index contributed by atoms with van der Waals surface area (Å²) in [6.07, 6.45) is -4.61. The molecule has 0 saturated heterocycles. The van der Waals surface area contributed by atoms with Crippen LogP contribution in [-0.2, 0) is 12.7 Å². The highest BCUT2D eigenvalue weighted by molar-refractivity contribution is 5.46. The van der Waals surface area contributed by atoms with Gasteiger partial charge in [-0.3, -0.25) is 0 Å². The van der Waals surface area contributed by atoms with E-state index in [9.17, 15) is 13.2 Å². The maximum absolute atomic E-state index is 12.9. The van der Waals surface area contributed by atoms with E-state index in [4.69, 9.17) is 4.74 Å². The van der Waals surface area contributed by atoms with Gasteiger partial charge in [-0.15, -0.1) is 15.3 Å². The van der Waals surface area contributed by atoms with Crippen LogP contribution in [0.15, 0.2) is 36.4 Å². The predicted octanol–water partition coefficient (Wildman–Crippen LogP) is 2.79. The average molecular weight is 337 g/mol. The lowest BCUT2D eigenvalue weighted by atomic mass is 10.2. The lowest BCUT2D eigenvalue weighted by Gasteiger charge is -2.18. The highest BCUT2D eigenvalue weighted by atomic mass is 19.4. The molecule has 0 bridgehead atoms. The van der Waals surface area contributed by atoms with E-state index in [1.165, 1.54) is 6.07 Å². The number of fused-ring (bicyclic) bond motifs is 1. The van der Waals surface area contributed by atoms with Crippen LogP contribution in [0, 0.1) is 0 Å². The van der Waals surface area contributed by atoms with Crippen molar-refractivity contribution in [3.05, 3.63) is 47.8 Å². The van der Waals surface area contributed by atoms with Gasteiger partial charge in [-0.1, -0.05) is 12.1 Å². The molecule has 3 aromatic rings. The Morgan fingerprint density at radius 3 is 2.42 bits per heavy atom. The van der Waals surface area contributed by atoms with Gasteiger partial charge in [-0.05, 0) is 29.8 Å². The molecule has 0 aliphatic carbocycles. The first kappa shape index (κ1) is 16.0. The van der Waals surface area contributed by atoms with E-state index in [2.05, 4.69) is 15.3 Å². The Morgan fingerprint density at radius 2 is 1.79 bits per heavy atom. The summed E-state index contributed by atoms with van der Waals surface area (Å²) < 4.78 is 44.5. The van der Waals surface area contributed by atoms with Crippen LogP contribution in [0.25, 0.3) is 5.65 Å². The van der Waals surface area contributed by atoms with E-state index in [1.54, 1.807) is 25.1 Å². The topological polar surface area (TPSA) is 55.5 Å². The average Bonchev–Trinajstić information content (AvgIpc) is 2.98. The first-order chi connectivity index (χ1) is 11.4. The number of hydrogen-bond acceptors (Lipinski definition) is 5. The summed E-state index contributed by atoms with van der Waals surface area (Å²) in [6, 6.07) is 10.5. The molecule has 6 nitrogen and oxygen atoms in total. The Morgan fingerprint density at radius 1 is 1.08 bits per heavy atom. The zero-order valence-electron chi connectivity index (χ0n) is 12.9. The number of halogens is 3. The minimum absolute atomic E-state index is 0.0453. The largest absolute Gasteiger partial charge is 0.497 e. The van der Waals surface area contributed by atoms with Crippen molar-refractivity contribution in [1.82, 2.24) is 19.8 Å². The lowest BCUT2D eigenvalue weighted by Crippen LogP contribution is -2.20. The molecule has 0 aliphatic heterocycles. The normalized spacial score (nSPS) is 11.7. The fourth-order valence-electron chi connectivity index (χ4n) is 2.25. The Hall–Kier alpha value is -2.84. The summed E-state index contributed by atoms with van der Waals surface area (Å²) in [6.45, 7) is 0.478. The maximum atomic E-state index is 12.9. The van der Waals surface area contributed by atoms with E-state index >= 15 is 0 Å². The summed E-state index contributed by atoms with van der Waals surface area (Å²) in [5.41, 5.74) is 1.02. The number of rotatable bonds is 4. The van der Waals surface area contributed by atoms with E-state index in [0.29, 0.717) is 16.9 Å². The van der Waals surface area contributed by atoms with Gasteiger partial charge in [0.15, 0.2) is 5.65 Å². The van der Waals surface area contributed by atoms with Gasteiger partial charge in [0.25, 0.3) is 5.82 Å². The van der Waals surface area contributed by atoms with Crippen LogP contribution in [0.3, 0.4) is 0 Å². The van der Waals surface area contributed by atoms with Crippen LogP contribution in [0.4, 0.5) is 19.0 Å². The third-order valence-electron chi connectivity index (χ3n) is 3.47. The van der Waals surface area contributed by atoms with Gasteiger partial charge in [-0.2, -0.15) is 17.7 Å². The van der Waals surface area contributed by atoms with E-state index < -0.39 is 12.0 Å². The molecule has 0 radical (unpaired) electrons. The van der Waals surface area contributed by atoms with Crippen LogP contribution in [0.2, 0.25) is 0 Å². The molecule has 0 saturated carbocycles. The van der Waals surface area contributed by atoms with Crippen LogP contribution in [0.1, 0.15) is 11.4 Å². The van der Waals surface area contributed by atoms with Gasteiger partial charge in [0.2, 0.25) is 0 Å². The number of ether oxygens (including phenoxy) is 1. The monoisotopic (exact) mass is 337 g/mol. The molecule has 9 heteroatoms. The summed E-state index contributed by atoms with van der Waals surface area (Å²) in [7, 11) is 3.33. The highest BCUT2D eigenvalue weighted by Gasteiger charge is 2.37. The fourth-order valence-corrected chi connectivity index (χ4v) is 2.25. The molecule has 126 valence electrons. The number of aromatic nitrogens is 4. The molecule has 0 aliphatic rings. The molecule has 0 unspecified atom stereocenters. The number of anilines is 1. The summed E-state index contributed by atoms with van der Waals surface area (Å²) in [5.74, 6) is -0.0268. The van der Waals surface area contributed by atoms with Crippen molar-refractivity contribution in [1.29, 1.82) is 0 Å². The zero-order chi connectivity index (χ0) is 17.3. The molecular weight excluding hydrogens is 323 g/mol. The van der Waals surface area contributed by atoms with Crippen molar-refractivity contribution in [2.24, 2.45) is 0 Å². The number of benzene rings is 1. The highest BCUT2D eigenvalue weighted by Crippen LogP contribution is 2.28. The second kappa shape index (κ2) is 5.99. The van der Waals surface area contributed by atoms with Crippen molar-refractivity contribution in [2.45, 2.75) is 12.7 Å². The van der Waals surface area contributed by atoms with Gasteiger partial charge in [0.05, 0.1) is 7.11 Å². The van der Waals surface area contributed by atoms with E-state index in [-0.39, 0.29) is 5.65 Å². The van der Waals surface area contributed by atoms with Crippen molar-refractivity contribution in [2.75, 3.05) is 19.1 Å². The van der Waals surface area contributed by atoms with Crippen molar-refractivity contribution in [3.63, 3.8) is 0 Å². The van der Waals surface area contributed by atoms with E-state index in [0.717, 1.165) is 11.3 Å². The Labute approximate surface area is 135 Å². The van der Waals surface area contributed by atoms with Crippen molar-refractivity contribution < 1.29 is 17.9 Å². The molecule has 2 aromatic heterocycles. The first-order valence-corrected chi connectivity index (χ1v) is 7.02. The second-order valence-corrected chi connectivity index (χ2v) is 5.19. The minimum atomic E-state index is -4.61. The van der Waals surface area contributed by atoms with Crippen LogP contribution in [0.5, 0.6) is 5.75 Å². The standard InChI is InChI=1S/C15H14F3N5O/c1-22(9-10-3-5-11(24-2)6-4-10)13-8-7-12-19-20-14(15(16,17)18)23(12)21-13/h3-8H,9H2,1-2H3. The quantitative estimate of drug-likeness (QED) is 0.733. The Bertz CT molecular complexity index is 844. The van der Waals surface area contributed by atoms with Gasteiger partial charge in [-0.25, -0.2) is 0 Å². The summed E-state index contributed by atoms with van der Waals surface area (Å²) in [4.78, 5) is 1.74. The Balaban J connectivity index is 1.87. The minimum Gasteiger partial charge on any atom is -0.497 e. The zero-order valence-corrected chi connectivity index (χ0v) is 12.9. The van der Waals surface area contributed by atoms with Crippen LogP contribution < -0.4 is 9.64 Å².